The fourth-order valence-corrected chi connectivity index (χ4v) is 4.40. The Bertz CT molecular complexity index is 1400. The predicted molar refractivity (Wildman–Crippen MR) is 126 cm³/mol. The highest BCUT2D eigenvalue weighted by atomic mass is 32.2. The second-order valence-corrected chi connectivity index (χ2v) is 9.00. The molecule has 0 amide bonds. The van der Waals surface area contributed by atoms with Gasteiger partial charge in [0.1, 0.15) is 29.4 Å². The van der Waals surface area contributed by atoms with Crippen molar-refractivity contribution in [1.82, 2.24) is 15.0 Å². The minimum absolute atomic E-state index is 0.0671. The second kappa shape index (κ2) is 9.02. The maximum absolute atomic E-state index is 15.4. The zero-order valence-electron chi connectivity index (χ0n) is 18.1. The maximum Gasteiger partial charge on any atom is 0.201 e. The molecule has 0 aliphatic heterocycles. The van der Waals surface area contributed by atoms with Gasteiger partial charge in [0.25, 0.3) is 0 Å². The van der Waals surface area contributed by atoms with Gasteiger partial charge in [-0.05, 0) is 61.9 Å². The van der Waals surface area contributed by atoms with Gasteiger partial charge in [-0.2, -0.15) is 0 Å². The number of carbonyl (C=O) groups is 1. The highest BCUT2D eigenvalue weighted by Crippen LogP contribution is 2.33. The van der Waals surface area contributed by atoms with Gasteiger partial charge in [0.2, 0.25) is 5.78 Å². The number of benzene rings is 2. The summed E-state index contributed by atoms with van der Waals surface area (Å²) in [5.41, 5.74) is 0.0613. The summed E-state index contributed by atoms with van der Waals surface area (Å²) in [6, 6.07) is 6.76. The minimum Gasteiger partial charge on any atom is -0.369 e. The van der Waals surface area contributed by atoms with E-state index in [1.165, 1.54) is 30.7 Å². The lowest BCUT2D eigenvalue weighted by molar-refractivity contribution is 0.103. The first-order valence-corrected chi connectivity index (χ1v) is 11.5. The number of halogens is 3. The molecule has 2 heterocycles. The summed E-state index contributed by atoms with van der Waals surface area (Å²) in [5.74, 6) is -2.26. The molecular weight excluding hydrogens is 463 g/mol. The van der Waals surface area contributed by atoms with E-state index >= 15 is 4.39 Å². The van der Waals surface area contributed by atoms with Crippen LogP contribution in [0, 0.1) is 30.3 Å². The monoisotopic (exact) mass is 483 g/mol. The number of nitrogens with one attached hydrogen (secondary N) is 3. The molecule has 0 spiro atoms. The van der Waals surface area contributed by atoms with Crippen molar-refractivity contribution in [2.24, 2.45) is 5.92 Å². The number of rotatable bonds is 8. The van der Waals surface area contributed by atoms with Crippen LogP contribution in [-0.4, -0.2) is 27.3 Å². The van der Waals surface area contributed by atoms with Crippen LogP contribution in [0.2, 0.25) is 0 Å². The van der Waals surface area contributed by atoms with E-state index < -0.39 is 28.8 Å². The van der Waals surface area contributed by atoms with E-state index in [0.717, 1.165) is 30.9 Å². The molecule has 2 aromatic carbocycles. The highest BCUT2D eigenvalue weighted by Gasteiger charge is 2.27. The van der Waals surface area contributed by atoms with Gasteiger partial charge in [-0.3, -0.25) is 4.79 Å². The van der Waals surface area contributed by atoms with Gasteiger partial charge in [-0.25, -0.2) is 23.1 Å². The Hall–Kier alpha value is -3.53. The highest BCUT2D eigenvalue weighted by molar-refractivity contribution is 8.00. The molecule has 2 aromatic heterocycles. The van der Waals surface area contributed by atoms with Crippen molar-refractivity contribution in [3.05, 3.63) is 77.0 Å². The average Bonchev–Trinajstić information content (AvgIpc) is 3.55. The average molecular weight is 484 g/mol. The van der Waals surface area contributed by atoms with Gasteiger partial charge in [0, 0.05) is 23.2 Å². The van der Waals surface area contributed by atoms with Gasteiger partial charge >= 0.3 is 0 Å². The topological polar surface area (TPSA) is 82.7 Å². The first-order chi connectivity index (χ1) is 16.4. The van der Waals surface area contributed by atoms with E-state index in [1.54, 1.807) is 13.0 Å². The van der Waals surface area contributed by atoms with Crippen LogP contribution >= 0.6 is 11.9 Å². The molecular formula is C24H20F3N5OS. The van der Waals surface area contributed by atoms with Crippen LogP contribution < -0.4 is 10.0 Å². The summed E-state index contributed by atoms with van der Waals surface area (Å²) in [6.45, 7) is 2.30. The van der Waals surface area contributed by atoms with Crippen LogP contribution in [0.1, 0.15) is 34.3 Å². The smallest absolute Gasteiger partial charge is 0.201 e. The zero-order chi connectivity index (χ0) is 23.8. The Morgan fingerprint density at radius 3 is 2.76 bits per heavy atom. The number of ketones is 1. The molecule has 1 aliphatic rings. The number of aromatic nitrogens is 3. The fourth-order valence-electron chi connectivity index (χ4n) is 3.62. The lowest BCUT2D eigenvalue weighted by Crippen LogP contribution is -2.11. The van der Waals surface area contributed by atoms with E-state index in [4.69, 9.17) is 0 Å². The molecule has 174 valence electrons. The summed E-state index contributed by atoms with van der Waals surface area (Å²) in [6.07, 6.45) is 5.00. The van der Waals surface area contributed by atoms with E-state index in [2.05, 4.69) is 25.0 Å². The normalized spacial score (nSPS) is 13.3. The molecule has 0 unspecified atom stereocenters. The van der Waals surface area contributed by atoms with Crippen LogP contribution in [-0.2, 0) is 0 Å². The lowest BCUT2D eigenvalue weighted by atomic mass is 10.0. The van der Waals surface area contributed by atoms with E-state index in [1.807, 2.05) is 0 Å². The molecule has 4 aromatic rings. The Balaban J connectivity index is 1.47. The number of anilines is 2. The largest absolute Gasteiger partial charge is 0.369 e. The molecule has 34 heavy (non-hydrogen) atoms. The number of fused-ring (bicyclic) bond motifs is 1. The van der Waals surface area contributed by atoms with Crippen molar-refractivity contribution in [3.8, 4) is 0 Å². The van der Waals surface area contributed by atoms with Crippen LogP contribution in [0.4, 0.5) is 24.7 Å². The summed E-state index contributed by atoms with van der Waals surface area (Å²) in [7, 11) is 0. The minimum atomic E-state index is -1.04. The molecule has 0 saturated heterocycles. The second-order valence-electron chi connectivity index (χ2n) is 8.15. The van der Waals surface area contributed by atoms with Gasteiger partial charge < -0.3 is 15.0 Å². The fraction of sp³-hybridized carbons (Fsp3) is 0.208. The predicted octanol–water partition coefficient (Wildman–Crippen LogP) is 5.86. The third-order valence-corrected chi connectivity index (χ3v) is 6.76. The first kappa shape index (κ1) is 22.3. The standard InChI is InChI=1S/C24H20F3N5OS/c1-12-15(25)3-2-4-18(12)34-32-17-8-7-16(26)20(21(17)27)22(33)14-10-29-24-19(14)23(30-11-31-24)28-9-13-5-6-13/h2-4,7-8,10-11,13,32H,5-6,9H2,1H3,(H2,28,29,30,31). The summed E-state index contributed by atoms with van der Waals surface area (Å²) < 4.78 is 46.6. The SMILES string of the molecule is Cc1c(F)cccc1SNc1ccc(F)c(C(=O)c2c[nH]c3ncnc(NCC4CC4)c23)c1F. The third kappa shape index (κ3) is 4.21. The van der Waals surface area contributed by atoms with Crippen molar-refractivity contribution < 1.29 is 18.0 Å². The lowest BCUT2D eigenvalue weighted by Gasteiger charge is -2.12. The van der Waals surface area contributed by atoms with E-state index in [0.29, 0.717) is 39.8 Å². The van der Waals surface area contributed by atoms with Crippen molar-refractivity contribution in [3.63, 3.8) is 0 Å². The Morgan fingerprint density at radius 1 is 1.15 bits per heavy atom. The van der Waals surface area contributed by atoms with Crippen molar-refractivity contribution >= 4 is 40.3 Å². The Labute approximate surface area is 197 Å². The van der Waals surface area contributed by atoms with Crippen molar-refractivity contribution in [2.45, 2.75) is 24.7 Å². The molecule has 1 saturated carbocycles. The number of hydrogen-bond donors (Lipinski definition) is 3. The van der Waals surface area contributed by atoms with Gasteiger partial charge in [-0.1, -0.05) is 6.07 Å². The molecule has 6 nitrogen and oxygen atoms in total. The molecule has 0 atom stereocenters. The van der Waals surface area contributed by atoms with Gasteiger partial charge in [-0.15, -0.1) is 0 Å². The van der Waals surface area contributed by atoms with E-state index in [-0.39, 0.29) is 11.3 Å². The number of nitrogens with zero attached hydrogens (tertiary/aromatic N) is 2. The third-order valence-electron chi connectivity index (χ3n) is 5.78. The summed E-state index contributed by atoms with van der Waals surface area (Å²) in [4.78, 5) is 25.1. The Kier molecular flexibility index (Phi) is 5.91. The number of hydrogen-bond acceptors (Lipinski definition) is 6. The zero-order valence-corrected chi connectivity index (χ0v) is 18.9. The molecule has 0 bridgehead atoms. The van der Waals surface area contributed by atoms with Crippen LogP contribution in [0.5, 0.6) is 0 Å². The van der Waals surface area contributed by atoms with Crippen LogP contribution in [0.3, 0.4) is 0 Å². The molecule has 0 radical (unpaired) electrons. The first-order valence-electron chi connectivity index (χ1n) is 10.7. The molecule has 10 heteroatoms. The van der Waals surface area contributed by atoms with Crippen LogP contribution in [0.15, 0.2) is 47.8 Å². The number of aromatic amines is 1. The van der Waals surface area contributed by atoms with Gasteiger partial charge in [0.05, 0.1) is 22.2 Å². The van der Waals surface area contributed by atoms with Crippen LogP contribution in [0.25, 0.3) is 11.0 Å². The number of carbonyl (C=O) groups excluding carboxylic acids is 1. The molecule has 1 aliphatic carbocycles. The maximum atomic E-state index is 15.4. The number of H-pyrrole nitrogens is 1. The van der Waals surface area contributed by atoms with Crippen molar-refractivity contribution in [2.75, 3.05) is 16.6 Å². The molecule has 3 N–H and O–H groups in total. The van der Waals surface area contributed by atoms with E-state index in [9.17, 15) is 13.6 Å². The molecule has 1 fully saturated rings. The Morgan fingerprint density at radius 2 is 1.97 bits per heavy atom. The van der Waals surface area contributed by atoms with Crippen molar-refractivity contribution in [1.29, 1.82) is 0 Å². The van der Waals surface area contributed by atoms with Gasteiger partial charge in [0.15, 0.2) is 5.82 Å². The quantitative estimate of drug-likeness (QED) is 0.215. The summed E-state index contributed by atoms with van der Waals surface area (Å²) in [5, 5.41) is 3.60. The summed E-state index contributed by atoms with van der Waals surface area (Å²) >= 11 is 0.972. The molecule has 5 rings (SSSR count).